The number of benzene rings is 3. The van der Waals surface area contributed by atoms with Gasteiger partial charge in [0.25, 0.3) is 5.91 Å². The number of nitrogens with two attached hydrogens (primary N) is 1. The number of likely N-dealkylation sites (tertiary alicyclic amines) is 3. The zero-order chi connectivity index (χ0) is 39.9. The minimum Gasteiger partial charge on any atom is -0.464 e. The number of piperidine rings is 3. The van der Waals surface area contributed by atoms with E-state index in [0.29, 0.717) is 45.3 Å². The summed E-state index contributed by atoms with van der Waals surface area (Å²) in [5.41, 5.74) is 9.78. The number of carbonyl (C=O) groups excluding carboxylic acids is 2. The van der Waals surface area contributed by atoms with E-state index in [1.54, 1.807) is 4.57 Å². The van der Waals surface area contributed by atoms with E-state index in [1.807, 2.05) is 83.4 Å². The Morgan fingerprint density at radius 3 is 2.03 bits per heavy atom. The van der Waals surface area contributed by atoms with Crippen molar-refractivity contribution in [1.29, 1.82) is 0 Å². The molecule has 3 aromatic carbocycles. The summed E-state index contributed by atoms with van der Waals surface area (Å²) in [5, 5.41) is 12.4. The largest absolute Gasteiger partial charge is 0.464 e. The normalized spacial score (nSPS) is 20.4. The summed E-state index contributed by atoms with van der Waals surface area (Å²) in [5.74, 6) is 0.239. The Hall–Kier alpha value is -6.26. The van der Waals surface area contributed by atoms with Crippen molar-refractivity contribution in [3.8, 4) is 17.2 Å². The standard InChI is InChI=1S/C42H46N10O6/c43-38-37-39(45-26-44-38)51(41(55)50(37)30-10-12-34(13-11-30)58-33-4-2-1-3-5-33)31-18-22-47(23-19-31)29-16-20-48(21-17-29)32-24-49(25-32)28-8-6-27(7-9-28)46-35-14-15-36(53)52(40(35)54)42(56)57/h1-13,26,29,31-32,35,46H,14-25H2,(H,56,57)(H2,43,44,45). The monoisotopic (exact) mass is 786 g/mol. The van der Waals surface area contributed by atoms with Crippen LogP contribution in [0.2, 0.25) is 0 Å². The van der Waals surface area contributed by atoms with Gasteiger partial charge in [-0.25, -0.2) is 19.6 Å². The molecule has 2 aromatic heterocycles. The van der Waals surface area contributed by atoms with Gasteiger partial charge in [0.1, 0.15) is 29.4 Å². The molecule has 58 heavy (non-hydrogen) atoms. The molecule has 4 aliphatic rings. The lowest BCUT2D eigenvalue weighted by molar-refractivity contribution is -0.145. The van der Waals surface area contributed by atoms with Gasteiger partial charge in [-0.05, 0) is 92.8 Å². The van der Waals surface area contributed by atoms with Crippen LogP contribution in [0.3, 0.4) is 0 Å². The van der Waals surface area contributed by atoms with Gasteiger partial charge in [-0.2, -0.15) is 4.90 Å². The summed E-state index contributed by atoms with van der Waals surface area (Å²) in [7, 11) is 0. The van der Waals surface area contributed by atoms with Crippen LogP contribution < -0.4 is 26.4 Å². The first-order valence-electron chi connectivity index (χ1n) is 20.0. The number of imide groups is 3. The number of nitrogens with zero attached hydrogens (tertiary/aromatic N) is 8. The Balaban J connectivity index is 0.771. The highest BCUT2D eigenvalue weighted by molar-refractivity contribution is 6.12. The maximum atomic E-state index is 14.2. The molecule has 6 heterocycles. The van der Waals surface area contributed by atoms with Crippen molar-refractivity contribution in [1.82, 2.24) is 33.8 Å². The number of ether oxygens (including phenoxy) is 1. The van der Waals surface area contributed by atoms with Gasteiger partial charge < -0.3 is 30.7 Å². The first kappa shape index (κ1) is 37.3. The molecule has 0 aliphatic carbocycles. The second-order valence-corrected chi connectivity index (χ2v) is 15.6. The Morgan fingerprint density at radius 2 is 1.36 bits per heavy atom. The average Bonchev–Trinajstić information content (AvgIpc) is 3.52. The van der Waals surface area contributed by atoms with E-state index >= 15 is 0 Å². The lowest BCUT2D eigenvalue weighted by Gasteiger charge is -2.50. The lowest BCUT2D eigenvalue weighted by atomic mass is 9.95. The van der Waals surface area contributed by atoms with Gasteiger partial charge in [-0.1, -0.05) is 18.2 Å². The predicted molar refractivity (Wildman–Crippen MR) is 217 cm³/mol. The van der Waals surface area contributed by atoms with E-state index in [4.69, 9.17) is 10.5 Å². The minimum absolute atomic E-state index is 0.00361. The maximum absolute atomic E-state index is 14.2. The van der Waals surface area contributed by atoms with E-state index in [-0.39, 0.29) is 30.4 Å². The third kappa shape index (κ3) is 7.13. The molecule has 0 bridgehead atoms. The number of carbonyl (C=O) groups is 3. The number of hydrogen-bond acceptors (Lipinski definition) is 12. The van der Waals surface area contributed by atoms with E-state index in [1.165, 1.54) is 6.33 Å². The van der Waals surface area contributed by atoms with Gasteiger partial charge >= 0.3 is 11.8 Å². The minimum atomic E-state index is -1.54. The molecule has 4 fully saturated rings. The SMILES string of the molecule is Nc1ncnc2c1n(-c1ccc(Oc3ccccc3)cc1)c(=O)n2C1CCN(C2CCN(C3CN(c4ccc(NC5CCC(=O)N(C(=O)O)C5=O)cc4)C3)CC2)CC1. The highest BCUT2D eigenvalue weighted by Crippen LogP contribution is 2.33. The predicted octanol–water partition coefficient (Wildman–Crippen LogP) is 4.55. The van der Waals surface area contributed by atoms with Crippen LogP contribution in [-0.2, 0) is 9.59 Å². The van der Waals surface area contributed by atoms with E-state index in [2.05, 4.69) is 30.0 Å². The molecule has 16 nitrogen and oxygen atoms in total. The van der Waals surface area contributed by atoms with Gasteiger partial charge in [0.15, 0.2) is 11.5 Å². The fraction of sp³-hybridized carbons (Fsp3) is 0.381. The van der Waals surface area contributed by atoms with Crippen molar-refractivity contribution >= 4 is 46.3 Å². The Bertz CT molecular complexity index is 2360. The van der Waals surface area contributed by atoms with Crippen molar-refractivity contribution in [3.05, 3.63) is 95.7 Å². The third-order valence-electron chi connectivity index (χ3n) is 12.2. The van der Waals surface area contributed by atoms with Crippen LogP contribution in [0.5, 0.6) is 11.5 Å². The first-order chi connectivity index (χ1) is 28.2. The number of rotatable bonds is 9. The number of aromatic nitrogens is 4. The van der Waals surface area contributed by atoms with Crippen molar-refractivity contribution in [3.63, 3.8) is 0 Å². The van der Waals surface area contributed by atoms with Crippen LogP contribution in [0.1, 0.15) is 44.6 Å². The molecule has 9 rings (SSSR count). The molecule has 4 saturated heterocycles. The van der Waals surface area contributed by atoms with Crippen LogP contribution in [0.15, 0.2) is 90.0 Å². The van der Waals surface area contributed by atoms with Crippen molar-refractivity contribution in [2.75, 3.05) is 55.2 Å². The molecule has 16 heteroatoms. The maximum Gasteiger partial charge on any atom is 0.421 e. The summed E-state index contributed by atoms with van der Waals surface area (Å²) < 4.78 is 9.42. The Kier molecular flexibility index (Phi) is 10.0. The van der Waals surface area contributed by atoms with Crippen LogP contribution in [0, 0.1) is 0 Å². The first-order valence-corrected chi connectivity index (χ1v) is 20.0. The fourth-order valence-electron chi connectivity index (χ4n) is 9.03. The number of imidazole rings is 1. The fourth-order valence-corrected chi connectivity index (χ4v) is 9.03. The van der Waals surface area contributed by atoms with Gasteiger partial charge in [-0.3, -0.25) is 23.6 Å². The van der Waals surface area contributed by atoms with Crippen LogP contribution >= 0.6 is 0 Å². The zero-order valence-electron chi connectivity index (χ0n) is 32.0. The van der Waals surface area contributed by atoms with E-state index in [9.17, 15) is 24.3 Å². The van der Waals surface area contributed by atoms with Crippen molar-refractivity contribution in [2.24, 2.45) is 0 Å². The summed E-state index contributed by atoms with van der Waals surface area (Å²) in [6.45, 7) is 5.81. The molecule has 1 atom stereocenters. The number of para-hydroxylation sites is 1. The molecule has 4 N–H and O–H groups in total. The second kappa shape index (κ2) is 15.6. The van der Waals surface area contributed by atoms with Gasteiger partial charge in [0.05, 0.1) is 5.69 Å². The lowest BCUT2D eigenvalue weighted by Crippen LogP contribution is -2.62. The second-order valence-electron chi connectivity index (χ2n) is 15.6. The van der Waals surface area contributed by atoms with Gasteiger partial charge in [0.2, 0.25) is 5.91 Å². The van der Waals surface area contributed by atoms with E-state index in [0.717, 1.165) is 76.4 Å². The highest BCUT2D eigenvalue weighted by Gasteiger charge is 2.39. The van der Waals surface area contributed by atoms with Crippen LogP contribution in [0.25, 0.3) is 16.9 Å². The number of hydrogen-bond donors (Lipinski definition) is 3. The van der Waals surface area contributed by atoms with Crippen LogP contribution in [0.4, 0.5) is 22.0 Å². The molecular weight excluding hydrogens is 741 g/mol. The Labute approximate surface area is 334 Å². The molecule has 0 spiro atoms. The number of amides is 3. The van der Waals surface area contributed by atoms with Crippen molar-refractivity contribution in [2.45, 2.75) is 62.7 Å². The smallest absolute Gasteiger partial charge is 0.421 e. The van der Waals surface area contributed by atoms with Gasteiger partial charge in [-0.15, -0.1) is 0 Å². The summed E-state index contributed by atoms with van der Waals surface area (Å²) in [6.07, 6.45) is 4.06. The molecule has 3 amide bonds. The number of anilines is 3. The van der Waals surface area contributed by atoms with Crippen LogP contribution in [-0.4, -0.2) is 114 Å². The number of carboxylic acid groups (broad SMARTS) is 1. The third-order valence-corrected chi connectivity index (χ3v) is 12.2. The number of nitrogens with one attached hydrogen (secondary N) is 1. The molecule has 0 radical (unpaired) electrons. The Morgan fingerprint density at radius 1 is 0.741 bits per heavy atom. The summed E-state index contributed by atoms with van der Waals surface area (Å²) >= 11 is 0. The zero-order valence-corrected chi connectivity index (χ0v) is 32.0. The van der Waals surface area contributed by atoms with Gasteiger partial charge in [0, 0.05) is 75.2 Å². The van der Waals surface area contributed by atoms with E-state index < -0.39 is 23.9 Å². The highest BCUT2D eigenvalue weighted by atomic mass is 16.5. The summed E-state index contributed by atoms with van der Waals surface area (Å²) in [6, 6.07) is 25.0. The molecule has 5 aromatic rings. The quantitative estimate of drug-likeness (QED) is 0.177. The summed E-state index contributed by atoms with van der Waals surface area (Å²) in [4.78, 5) is 66.7. The number of nitrogen functional groups attached to an aromatic ring is 1. The average molecular weight is 787 g/mol. The molecule has 0 saturated carbocycles. The van der Waals surface area contributed by atoms with Crippen molar-refractivity contribution < 1.29 is 24.2 Å². The topological polar surface area (TPSA) is 184 Å². The molecule has 1 unspecified atom stereocenters. The molecule has 4 aliphatic heterocycles. The molecular formula is C42H46N10O6. The number of fused-ring (bicyclic) bond motifs is 1. The molecule has 300 valence electrons.